The summed E-state index contributed by atoms with van der Waals surface area (Å²) in [6.45, 7) is 4.03. The molecule has 2 atom stereocenters. The Labute approximate surface area is 142 Å². The monoisotopic (exact) mass is 322 g/mol. The first kappa shape index (κ1) is 16.2. The quantitative estimate of drug-likeness (QED) is 0.872. The van der Waals surface area contributed by atoms with Gasteiger partial charge in [0.2, 0.25) is 11.8 Å². The minimum Gasteiger partial charge on any atom is -0.332 e. The van der Waals surface area contributed by atoms with E-state index < -0.39 is 12.1 Å². The van der Waals surface area contributed by atoms with Gasteiger partial charge in [-0.05, 0) is 30.5 Å². The van der Waals surface area contributed by atoms with Crippen molar-refractivity contribution in [3.8, 4) is 11.1 Å². The van der Waals surface area contributed by atoms with Crippen LogP contribution in [0.5, 0.6) is 0 Å². The van der Waals surface area contributed by atoms with E-state index in [1.807, 2.05) is 30.3 Å². The highest BCUT2D eigenvalue weighted by molar-refractivity contribution is 5.96. The van der Waals surface area contributed by atoms with Crippen molar-refractivity contribution in [3.05, 3.63) is 60.2 Å². The number of carbonyl (C=O) groups is 2. The molecule has 2 amide bonds. The van der Waals surface area contributed by atoms with E-state index in [-0.39, 0.29) is 11.8 Å². The second-order valence-corrected chi connectivity index (χ2v) is 6.33. The predicted octanol–water partition coefficient (Wildman–Crippen LogP) is 2.93. The first-order chi connectivity index (χ1) is 11.5. The Morgan fingerprint density at radius 3 is 2.00 bits per heavy atom. The summed E-state index contributed by atoms with van der Waals surface area (Å²) >= 11 is 0. The zero-order valence-corrected chi connectivity index (χ0v) is 14.3. The molecular formula is C20H22N2O2. The van der Waals surface area contributed by atoms with Gasteiger partial charge in [-0.15, -0.1) is 0 Å². The molecule has 0 spiro atoms. The van der Waals surface area contributed by atoms with Crippen molar-refractivity contribution in [1.29, 1.82) is 0 Å². The third-order valence-corrected chi connectivity index (χ3v) is 4.81. The van der Waals surface area contributed by atoms with E-state index in [9.17, 15) is 9.59 Å². The fourth-order valence-electron chi connectivity index (χ4n) is 3.06. The number of piperazine rings is 1. The molecule has 2 aromatic rings. The van der Waals surface area contributed by atoms with Crippen LogP contribution in [0.3, 0.4) is 0 Å². The van der Waals surface area contributed by atoms with Gasteiger partial charge in [-0.3, -0.25) is 9.59 Å². The van der Waals surface area contributed by atoms with Crippen molar-refractivity contribution in [2.24, 2.45) is 0 Å². The van der Waals surface area contributed by atoms with Crippen LogP contribution in [0.25, 0.3) is 11.1 Å². The van der Waals surface area contributed by atoms with Gasteiger partial charge in [0.05, 0.1) is 0 Å². The van der Waals surface area contributed by atoms with Gasteiger partial charge in [0.25, 0.3) is 0 Å². The van der Waals surface area contributed by atoms with Gasteiger partial charge in [0.1, 0.15) is 12.1 Å². The summed E-state index contributed by atoms with van der Waals surface area (Å²) in [6.07, 6.45) is 0. The highest BCUT2D eigenvalue weighted by Crippen LogP contribution is 2.22. The van der Waals surface area contributed by atoms with Gasteiger partial charge >= 0.3 is 0 Å². The minimum absolute atomic E-state index is 0.00302. The molecular weight excluding hydrogens is 300 g/mol. The molecule has 2 aromatic carbocycles. The van der Waals surface area contributed by atoms with E-state index in [0.717, 1.165) is 16.7 Å². The Morgan fingerprint density at radius 2 is 1.38 bits per heavy atom. The Balaban J connectivity index is 1.78. The van der Waals surface area contributed by atoms with Crippen molar-refractivity contribution < 1.29 is 9.59 Å². The van der Waals surface area contributed by atoms with Crippen LogP contribution in [0.1, 0.15) is 19.4 Å². The van der Waals surface area contributed by atoms with Crippen LogP contribution in [0.15, 0.2) is 54.6 Å². The maximum absolute atomic E-state index is 12.5. The van der Waals surface area contributed by atoms with Crippen molar-refractivity contribution in [1.82, 2.24) is 9.80 Å². The number of hydrogen-bond acceptors (Lipinski definition) is 2. The van der Waals surface area contributed by atoms with Crippen LogP contribution < -0.4 is 0 Å². The van der Waals surface area contributed by atoms with E-state index in [0.29, 0.717) is 6.54 Å². The molecule has 24 heavy (non-hydrogen) atoms. The summed E-state index contributed by atoms with van der Waals surface area (Å²) in [5.74, 6) is -0.0141. The lowest BCUT2D eigenvalue weighted by Gasteiger charge is -2.41. The van der Waals surface area contributed by atoms with Gasteiger partial charge in [-0.1, -0.05) is 54.6 Å². The largest absolute Gasteiger partial charge is 0.332 e. The minimum atomic E-state index is -0.424. The van der Waals surface area contributed by atoms with Gasteiger partial charge < -0.3 is 9.80 Å². The third kappa shape index (κ3) is 2.92. The number of rotatable bonds is 3. The number of hydrogen-bond donors (Lipinski definition) is 0. The average Bonchev–Trinajstić information content (AvgIpc) is 2.63. The number of nitrogens with zero attached hydrogens (tertiary/aromatic N) is 2. The van der Waals surface area contributed by atoms with Crippen LogP contribution in [0, 0.1) is 0 Å². The molecule has 3 rings (SSSR count). The van der Waals surface area contributed by atoms with Crippen molar-refractivity contribution in [3.63, 3.8) is 0 Å². The molecule has 4 heteroatoms. The molecule has 1 fully saturated rings. The number of benzene rings is 2. The third-order valence-electron chi connectivity index (χ3n) is 4.81. The normalized spacial score (nSPS) is 21.3. The summed E-state index contributed by atoms with van der Waals surface area (Å²) in [6, 6.07) is 17.5. The SMILES string of the molecule is C[C@H]1C(=O)N(Cc2ccc(-c3ccccc3)cc2)[C@@H](C)C(=O)N1C. The number of likely N-dealkylation sites (N-methyl/N-ethyl adjacent to an activating group) is 1. The lowest BCUT2D eigenvalue weighted by Crippen LogP contribution is -2.61. The molecule has 0 saturated carbocycles. The number of carbonyl (C=O) groups excluding carboxylic acids is 2. The average molecular weight is 322 g/mol. The Morgan fingerprint density at radius 1 is 0.792 bits per heavy atom. The topological polar surface area (TPSA) is 40.6 Å². The summed E-state index contributed by atoms with van der Waals surface area (Å²) in [4.78, 5) is 28.0. The zero-order valence-electron chi connectivity index (χ0n) is 14.3. The van der Waals surface area contributed by atoms with E-state index >= 15 is 0 Å². The standard InChI is InChI=1S/C20H22N2O2/c1-14-20(24)22(15(2)19(23)21(14)3)13-16-9-11-18(12-10-16)17-7-5-4-6-8-17/h4-12,14-15H,13H2,1-3H3/t14-,15-/m0/s1. The predicted molar refractivity (Wildman–Crippen MR) is 94.1 cm³/mol. The first-order valence-electron chi connectivity index (χ1n) is 8.20. The lowest BCUT2D eigenvalue weighted by molar-refractivity contribution is -0.159. The molecule has 1 saturated heterocycles. The van der Waals surface area contributed by atoms with Gasteiger partial charge in [0, 0.05) is 13.6 Å². The fourth-order valence-corrected chi connectivity index (χ4v) is 3.06. The molecule has 1 aliphatic heterocycles. The Bertz CT molecular complexity index is 740. The fraction of sp³-hybridized carbons (Fsp3) is 0.300. The molecule has 0 radical (unpaired) electrons. The van der Waals surface area contributed by atoms with Crippen molar-refractivity contribution in [2.75, 3.05) is 7.05 Å². The van der Waals surface area contributed by atoms with Crippen LogP contribution >= 0.6 is 0 Å². The van der Waals surface area contributed by atoms with Crippen molar-refractivity contribution in [2.45, 2.75) is 32.5 Å². The van der Waals surface area contributed by atoms with Crippen LogP contribution in [-0.2, 0) is 16.1 Å². The highest BCUT2D eigenvalue weighted by Gasteiger charge is 2.39. The molecule has 4 nitrogen and oxygen atoms in total. The Kier molecular flexibility index (Phi) is 4.38. The summed E-state index contributed by atoms with van der Waals surface area (Å²) in [5, 5.41) is 0. The van der Waals surface area contributed by atoms with E-state index in [2.05, 4.69) is 24.3 Å². The maximum atomic E-state index is 12.5. The first-order valence-corrected chi connectivity index (χ1v) is 8.20. The lowest BCUT2D eigenvalue weighted by atomic mass is 10.0. The van der Waals surface area contributed by atoms with E-state index in [1.54, 1.807) is 25.8 Å². The molecule has 1 heterocycles. The summed E-state index contributed by atoms with van der Waals surface area (Å²) in [5.41, 5.74) is 3.33. The molecule has 0 aliphatic carbocycles. The smallest absolute Gasteiger partial charge is 0.246 e. The number of amides is 2. The zero-order chi connectivity index (χ0) is 17.3. The van der Waals surface area contributed by atoms with Crippen molar-refractivity contribution >= 4 is 11.8 Å². The Hall–Kier alpha value is -2.62. The summed E-state index contributed by atoms with van der Waals surface area (Å²) in [7, 11) is 1.69. The second kappa shape index (κ2) is 6.48. The maximum Gasteiger partial charge on any atom is 0.246 e. The molecule has 124 valence electrons. The second-order valence-electron chi connectivity index (χ2n) is 6.33. The van der Waals surface area contributed by atoms with Gasteiger partial charge in [0.15, 0.2) is 0 Å². The van der Waals surface area contributed by atoms with Crippen LogP contribution in [0.2, 0.25) is 0 Å². The molecule has 0 N–H and O–H groups in total. The highest BCUT2D eigenvalue weighted by atomic mass is 16.2. The van der Waals surface area contributed by atoms with E-state index in [4.69, 9.17) is 0 Å². The van der Waals surface area contributed by atoms with Crippen LogP contribution in [-0.4, -0.2) is 40.7 Å². The molecule has 1 aliphatic rings. The van der Waals surface area contributed by atoms with Gasteiger partial charge in [-0.2, -0.15) is 0 Å². The van der Waals surface area contributed by atoms with Gasteiger partial charge in [-0.25, -0.2) is 0 Å². The molecule has 0 aromatic heterocycles. The summed E-state index contributed by atoms with van der Waals surface area (Å²) < 4.78 is 0. The van der Waals surface area contributed by atoms with E-state index in [1.165, 1.54) is 4.90 Å². The van der Waals surface area contributed by atoms with Crippen LogP contribution in [0.4, 0.5) is 0 Å². The molecule has 0 unspecified atom stereocenters. The molecule has 0 bridgehead atoms.